The van der Waals surface area contributed by atoms with E-state index in [1.165, 1.54) is 21.1 Å². The highest BCUT2D eigenvalue weighted by Crippen LogP contribution is 2.26. The molecule has 6 heteroatoms. The Hall–Kier alpha value is -3.02. The molecule has 132 valence electrons. The molecule has 1 atom stereocenters. The van der Waals surface area contributed by atoms with Gasteiger partial charge in [0, 0.05) is 23.9 Å². The van der Waals surface area contributed by atoms with Gasteiger partial charge >= 0.3 is 5.97 Å². The van der Waals surface area contributed by atoms with E-state index < -0.39 is 18.0 Å². The second-order valence-electron chi connectivity index (χ2n) is 5.51. The highest BCUT2D eigenvalue weighted by atomic mass is 16.5. The Morgan fingerprint density at radius 2 is 1.64 bits per heavy atom. The summed E-state index contributed by atoms with van der Waals surface area (Å²) in [5, 5.41) is 2.68. The van der Waals surface area contributed by atoms with Gasteiger partial charge in [-0.2, -0.15) is 0 Å². The number of ether oxygens (including phenoxy) is 3. The highest BCUT2D eigenvalue weighted by Gasteiger charge is 2.19. The zero-order chi connectivity index (χ0) is 18.4. The number of esters is 1. The average Bonchev–Trinajstić information content (AvgIpc) is 2.61. The lowest BCUT2D eigenvalue weighted by atomic mass is 10.1. The molecular formula is C19H21NO5. The Morgan fingerprint density at radius 1 is 1.00 bits per heavy atom. The van der Waals surface area contributed by atoms with E-state index in [2.05, 4.69) is 5.32 Å². The molecule has 2 aromatic carbocycles. The lowest BCUT2D eigenvalue weighted by Crippen LogP contribution is -2.30. The number of carbonyl (C=O) groups is 2. The predicted octanol–water partition coefficient (Wildman–Crippen LogP) is 3.20. The first-order valence-electron chi connectivity index (χ1n) is 7.74. The quantitative estimate of drug-likeness (QED) is 0.816. The van der Waals surface area contributed by atoms with Crippen molar-refractivity contribution < 1.29 is 23.8 Å². The normalized spacial score (nSPS) is 11.4. The molecular weight excluding hydrogens is 322 g/mol. The topological polar surface area (TPSA) is 73.9 Å². The molecule has 0 saturated heterocycles. The van der Waals surface area contributed by atoms with Gasteiger partial charge < -0.3 is 19.5 Å². The van der Waals surface area contributed by atoms with Crippen LogP contribution in [0.1, 0.15) is 22.8 Å². The van der Waals surface area contributed by atoms with Crippen LogP contribution in [0, 0.1) is 6.92 Å². The number of methoxy groups -OCH3 is 2. The van der Waals surface area contributed by atoms with Crippen LogP contribution in [-0.2, 0) is 9.53 Å². The van der Waals surface area contributed by atoms with Crippen molar-refractivity contribution in [3.8, 4) is 11.5 Å². The number of anilines is 1. The van der Waals surface area contributed by atoms with Crippen LogP contribution < -0.4 is 14.8 Å². The highest BCUT2D eigenvalue weighted by molar-refractivity contribution is 5.97. The summed E-state index contributed by atoms with van der Waals surface area (Å²) in [6.07, 6.45) is -0.954. The molecule has 0 aliphatic carbocycles. The number of benzene rings is 2. The van der Waals surface area contributed by atoms with Crippen LogP contribution in [-0.4, -0.2) is 32.2 Å². The maximum Gasteiger partial charge on any atom is 0.338 e. The van der Waals surface area contributed by atoms with Crippen LogP contribution in [0.2, 0.25) is 0 Å². The second kappa shape index (κ2) is 8.19. The zero-order valence-corrected chi connectivity index (χ0v) is 14.7. The van der Waals surface area contributed by atoms with Gasteiger partial charge in [0.1, 0.15) is 11.5 Å². The fourth-order valence-electron chi connectivity index (χ4n) is 2.18. The molecule has 0 aliphatic rings. The lowest BCUT2D eigenvalue weighted by molar-refractivity contribution is -0.123. The summed E-state index contributed by atoms with van der Waals surface area (Å²) < 4.78 is 15.5. The van der Waals surface area contributed by atoms with Crippen molar-refractivity contribution in [2.24, 2.45) is 0 Å². The van der Waals surface area contributed by atoms with E-state index in [9.17, 15) is 9.59 Å². The summed E-state index contributed by atoms with van der Waals surface area (Å²) in [6, 6.07) is 12.0. The minimum Gasteiger partial charge on any atom is -0.497 e. The fourth-order valence-corrected chi connectivity index (χ4v) is 2.18. The van der Waals surface area contributed by atoms with Gasteiger partial charge in [-0.05, 0) is 26.0 Å². The summed E-state index contributed by atoms with van der Waals surface area (Å²) >= 11 is 0. The van der Waals surface area contributed by atoms with Gasteiger partial charge in [-0.1, -0.05) is 17.7 Å². The van der Waals surface area contributed by atoms with Gasteiger partial charge in [-0.25, -0.2) is 4.79 Å². The van der Waals surface area contributed by atoms with Crippen molar-refractivity contribution in [1.82, 2.24) is 0 Å². The monoisotopic (exact) mass is 343 g/mol. The van der Waals surface area contributed by atoms with Crippen LogP contribution in [0.4, 0.5) is 5.69 Å². The Kier molecular flexibility index (Phi) is 6.00. The molecule has 1 amide bonds. The van der Waals surface area contributed by atoms with Gasteiger partial charge in [-0.15, -0.1) is 0 Å². The second-order valence-corrected chi connectivity index (χ2v) is 5.51. The molecule has 0 aliphatic heterocycles. The van der Waals surface area contributed by atoms with Gasteiger partial charge in [0.25, 0.3) is 5.91 Å². The number of rotatable bonds is 6. The summed E-state index contributed by atoms with van der Waals surface area (Å²) in [7, 11) is 3.04. The largest absolute Gasteiger partial charge is 0.497 e. The molecule has 25 heavy (non-hydrogen) atoms. The number of hydrogen-bond donors (Lipinski definition) is 1. The number of amides is 1. The van der Waals surface area contributed by atoms with E-state index in [4.69, 9.17) is 14.2 Å². The summed E-state index contributed by atoms with van der Waals surface area (Å²) in [5.41, 5.74) is 1.83. The van der Waals surface area contributed by atoms with Gasteiger partial charge in [0.15, 0.2) is 6.10 Å². The SMILES string of the molecule is COc1cc(NC(=O)C(C)OC(=O)c2cccc(C)c2)cc(OC)c1. The smallest absolute Gasteiger partial charge is 0.338 e. The summed E-state index contributed by atoms with van der Waals surface area (Å²) in [4.78, 5) is 24.4. The third-order valence-corrected chi connectivity index (χ3v) is 3.53. The standard InChI is InChI=1S/C19H21NO5/c1-12-6-5-7-14(8-12)19(22)25-13(2)18(21)20-15-9-16(23-3)11-17(10-15)24-4/h5-11,13H,1-4H3,(H,20,21). The Balaban J connectivity index is 2.04. The van der Waals surface area contributed by atoms with Crippen molar-refractivity contribution in [3.05, 3.63) is 53.6 Å². The maximum atomic E-state index is 12.3. The minimum absolute atomic E-state index is 0.405. The Morgan fingerprint density at radius 3 is 2.20 bits per heavy atom. The third-order valence-electron chi connectivity index (χ3n) is 3.53. The summed E-state index contributed by atoms with van der Waals surface area (Å²) in [6.45, 7) is 3.39. The molecule has 0 heterocycles. The number of hydrogen-bond acceptors (Lipinski definition) is 5. The first-order chi connectivity index (χ1) is 11.9. The van der Waals surface area contributed by atoms with Gasteiger partial charge in [0.05, 0.1) is 19.8 Å². The van der Waals surface area contributed by atoms with Crippen molar-refractivity contribution in [1.29, 1.82) is 0 Å². The number of nitrogens with one attached hydrogen (secondary N) is 1. The van der Waals surface area contributed by atoms with Gasteiger partial charge in [-0.3, -0.25) is 4.79 Å². The van der Waals surface area contributed by atoms with Crippen LogP contribution in [0.15, 0.2) is 42.5 Å². The molecule has 2 aromatic rings. The van der Waals surface area contributed by atoms with Crippen LogP contribution >= 0.6 is 0 Å². The Bertz CT molecular complexity index is 750. The van der Waals surface area contributed by atoms with Crippen molar-refractivity contribution in [2.75, 3.05) is 19.5 Å². The minimum atomic E-state index is -0.954. The number of aryl methyl sites for hydroxylation is 1. The molecule has 0 saturated carbocycles. The van der Waals surface area contributed by atoms with E-state index >= 15 is 0 Å². The summed E-state index contributed by atoms with van der Waals surface area (Å²) in [5.74, 6) is 0.0870. The van der Waals surface area contributed by atoms with Crippen molar-refractivity contribution in [2.45, 2.75) is 20.0 Å². The average molecular weight is 343 g/mol. The predicted molar refractivity (Wildman–Crippen MR) is 94.2 cm³/mol. The van der Waals surface area contributed by atoms with Crippen molar-refractivity contribution in [3.63, 3.8) is 0 Å². The zero-order valence-electron chi connectivity index (χ0n) is 14.7. The third kappa shape index (κ3) is 4.97. The maximum absolute atomic E-state index is 12.3. The van der Waals surface area contributed by atoms with Gasteiger partial charge in [0.2, 0.25) is 0 Å². The van der Waals surface area contributed by atoms with Crippen LogP contribution in [0.3, 0.4) is 0 Å². The van der Waals surface area contributed by atoms with Crippen molar-refractivity contribution >= 4 is 17.6 Å². The molecule has 0 radical (unpaired) electrons. The molecule has 6 nitrogen and oxygen atoms in total. The fraction of sp³-hybridized carbons (Fsp3) is 0.263. The van der Waals surface area contributed by atoms with E-state index in [0.29, 0.717) is 22.7 Å². The molecule has 0 fully saturated rings. The Labute approximate surface area is 146 Å². The van der Waals surface area contributed by atoms with Crippen LogP contribution in [0.25, 0.3) is 0 Å². The molecule has 0 aromatic heterocycles. The molecule has 0 spiro atoms. The van der Waals surface area contributed by atoms with E-state index in [1.54, 1.807) is 36.4 Å². The first kappa shape index (κ1) is 18.3. The lowest BCUT2D eigenvalue weighted by Gasteiger charge is -2.15. The van der Waals surface area contributed by atoms with E-state index in [1.807, 2.05) is 13.0 Å². The van der Waals surface area contributed by atoms with E-state index in [-0.39, 0.29) is 0 Å². The van der Waals surface area contributed by atoms with E-state index in [0.717, 1.165) is 5.56 Å². The molecule has 1 N–H and O–H groups in total. The molecule has 2 rings (SSSR count). The number of carbonyl (C=O) groups excluding carboxylic acids is 2. The first-order valence-corrected chi connectivity index (χ1v) is 7.74. The van der Waals surface area contributed by atoms with Crippen LogP contribution in [0.5, 0.6) is 11.5 Å². The molecule has 1 unspecified atom stereocenters. The molecule has 0 bridgehead atoms.